The van der Waals surface area contributed by atoms with Crippen LogP contribution in [-0.2, 0) is 0 Å². The summed E-state index contributed by atoms with van der Waals surface area (Å²) in [5, 5.41) is 3.03. The average molecular weight is 418 g/mol. The molecule has 1 unspecified atom stereocenters. The van der Waals surface area contributed by atoms with Crippen molar-refractivity contribution in [2.24, 2.45) is 5.41 Å². The van der Waals surface area contributed by atoms with Crippen LogP contribution in [0, 0.1) is 12.0 Å². The number of benzene rings is 1. The van der Waals surface area contributed by atoms with Gasteiger partial charge in [0.15, 0.2) is 0 Å². The van der Waals surface area contributed by atoms with Gasteiger partial charge >= 0.3 is 5.91 Å². The molecule has 6 nitrogen and oxygen atoms in total. The van der Waals surface area contributed by atoms with Gasteiger partial charge in [-0.3, -0.25) is 9.78 Å². The van der Waals surface area contributed by atoms with Crippen molar-refractivity contribution < 1.29 is 4.79 Å². The van der Waals surface area contributed by atoms with Crippen molar-refractivity contribution in [1.29, 1.82) is 0 Å². The van der Waals surface area contributed by atoms with E-state index in [1.807, 2.05) is 6.07 Å². The summed E-state index contributed by atoms with van der Waals surface area (Å²) >= 11 is 0. The van der Waals surface area contributed by atoms with Crippen molar-refractivity contribution in [3.05, 3.63) is 58.8 Å². The number of imidazole rings is 1. The predicted octanol–water partition coefficient (Wildman–Crippen LogP) is 5.96. The number of hydrogen-bond acceptors (Lipinski definition) is 3. The number of anilines is 1. The lowest BCUT2D eigenvalue weighted by Crippen LogP contribution is -2.20. The number of hydrogen-bond donors (Lipinski definition) is 2. The maximum Gasteiger partial charge on any atom is 0.314 e. The molecular formula is C25H31N5O. The Morgan fingerprint density at radius 3 is 2.68 bits per heavy atom. The molecule has 2 aliphatic carbocycles. The summed E-state index contributed by atoms with van der Waals surface area (Å²) in [6.45, 7) is 9.25. The Balaban J connectivity index is 1.65. The first-order valence-electron chi connectivity index (χ1n) is 11.1. The Bertz CT molecular complexity index is 1040. The minimum atomic E-state index is -0.326. The molecule has 0 bridgehead atoms. The number of aromatic amines is 1. The van der Waals surface area contributed by atoms with E-state index in [-0.39, 0.29) is 23.6 Å². The van der Waals surface area contributed by atoms with Crippen LogP contribution in [0.3, 0.4) is 0 Å². The fourth-order valence-electron chi connectivity index (χ4n) is 4.93. The molecule has 1 aromatic heterocycles. The second-order valence-electron chi connectivity index (χ2n) is 9.27. The van der Waals surface area contributed by atoms with Gasteiger partial charge in [0.05, 0.1) is 6.20 Å². The molecule has 1 spiro atoms. The first-order chi connectivity index (χ1) is 14.9. The molecule has 1 atom stereocenters. The zero-order valence-electron chi connectivity index (χ0n) is 18.7. The molecule has 2 aliphatic rings. The van der Waals surface area contributed by atoms with Crippen LogP contribution < -0.4 is 5.32 Å². The fraction of sp³-hybridized carbons (Fsp3) is 0.480. The van der Waals surface area contributed by atoms with E-state index in [1.54, 1.807) is 0 Å². The molecule has 2 aromatic rings. The van der Waals surface area contributed by atoms with E-state index in [4.69, 9.17) is 6.57 Å². The number of carbonyl (C=O) groups excluding carboxylic acids is 1. The number of aromatic nitrogens is 2. The second kappa shape index (κ2) is 8.68. The summed E-state index contributed by atoms with van der Waals surface area (Å²) < 4.78 is 0. The van der Waals surface area contributed by atoms with Crippen LogP contribution in [0.25, 0.3) is 10.4 Å². The van der Waals surface area contributed by atoms with Gasteiger partial charge in [-0.25, -0.2) is 4.98 Å². The van der Waals surface area contributed by atoms with Crippen molar-refractivity contribution in [2.45, 2.75) is 57.9 Å². The number of H-pyrrole nitrogens is 1. The van der Waals surface area contributed by atoms with E-state index in [2.05, 4.69) is 64.3 Å². The van der Waals surface area contributed by atoms with Gasteiger partial charge in [0, 0.05) is 17.3 Å². The van der Waals surface area contributed by atoms with Gasteiger partial charge in [0.2, 0.25) is 5.82 Å². The molecule has 1 amide bonds. The number of rotatable bonds is 5. The van der Waals surface area contributed by atoms with Gasteiger partial charge in [-0.1, -0.05) is 31.6 Å². The Labute approximate surface area is 184 Å². The molecule has 6 heteroatoms. The van der Waals surface area contributed by atoms with Gasteiger partial charge in [0.1, 0.15) is 0 Å². The zero-order valence-corrected chi connectivity index (χ0v) is 18.7. The van der Waals surface area contributed by atoms with Gasteiger partial charge in [0.25, 0.3) is 5.82 Å². The molecule has 1 saturated carbocycles. The van der Waals surface area contributed by atoms with Crippen LogP contribution in [0.5, 0.6) is 0 Å². The molecule has 31 heavy (non-hydrogen) atoms. The number of nitrogens with one attached hydrogen (secondary N) is 2. The molecule has 1 aromatic carbocycles. The summed E-state index contributed by atoms with van der Waals surface area (Å²) in [7, 11) is 4.16. The maximum absolute atomic E-state index is 12.8. The normalized spacial score (nSPS) is 18.6. The minimum Gasteiger partial charge on any atom is -0.363 e. The summed E-state index contributed by atoms with van der Waals surface area (Å²) in [5.41, 5.74) is 4.96. The number of allylic oxidation sites excluding steroid dienone is 2. The van der Waals surface area contributed by atoms with Crippen LogP contribution in [0.2, 0.25) is 0 Å². The SMILES string of the molecule is [C-]#[N+]c1cnc(C(=O)Nc2ccc(C(C)N(C)C)cc2C2=CCC3(CCCC3)CC2)[nH]1. The largest absolute Gasteiger partial charge is 0.363 e. The van der Waals surface area contributed by atoms with Crippen LogP contribution in [0.1, 0.15) is 79.7 Å². The first kappa shape index (κ1) is 21.3. The molecule has 1 heterocycles. The predicted molar refractivity (Wildman–Crippen MR) is 124 cm³/mol. The third kappa shape index (κ3) is 4.42. The number of carbonyl (C=O) groups is 1. The highest BCUT2D eigenvalue weighted by Crippen LogP contribution is 2.50. The van der Waals surface area contributed by atoms with E-state index < -0.39 is 0 Å². The molecule has 4 rings (SSSR count). The average Bonchev–Trinajstić information content (AvgIpc) is 3.44. The van der Waals surface area contributed by atoms with Gasteiger partial charge in [-0.2, -0.15) is 0 Å². The van der Waals surface area contributed by atoms with Crippen molar-refractivity contribution in [3.8, 4) is 0 Å². The summed E-state index contributed by atoms with van der Waals surface area (Å²) in [6, 6.07) is 6.59. The standard InChI is InChI=1S/C25H31N5O/c1-17(30(3)4)19-7-8-21(28-24(31)23-27-16-22(26-2)29-23)20(15-19)18-9-13-25(14-10-18)11-5-6-12-25/h7-9,15-17H,5-6,10-14H2,1,3-4H3,(H,27,29)(H,28,31). The molecule has 1 fully saturated rings. The summed E-state index contributed by atoms with van der Waals surface area (Å²) in [6.07, 6.45) is 12.6. The zero-order chi connectivity index (χ0) is 22.0. The Kier molecular flexibility index (Phi) is 5.97. The monoisotopic (exact) mass is 417 g/mol. The summed E-state index contributed by atoms with van der Waals surface area (Å²) in [5.74, 6) is 0.0934. The smallest absolute Gasteiger partial charge is 0.314 e. The number of nitrogens with zero attached hydrogens (tertiary/aromatic N) is 3. The molecule has 0 saturated heterocycles. The molecular weight excluding hydrogens is 386 g/mol. The highest BCUT2D eigenvalue weighted by Gasteiger charge is 2.35. The van der Waals surface area contributed by atoms with E-state index in [0.717, 1.165) is 24.1 Å². The quantitative estimate of drug-likeness (QED) is 0.590. The number of amides is 1. The van der Waals surface area contributed by atoms with Gasteiger partial charge < -0.3 is 15.1 Å². The van der Waals surface area contributed by atoms with E-state index in [1.165, 1.54) is 49.4 Å². The summed E-state index contributed by atoms with van der Waals surface area (Å²) in [4.78, 5) is 25.1. The van der Waals surface area contributed by atoms with Crippen molar-refractivity contribution in [3.63, 3.8) is 0 Å². The second-order valence-corrected chi connectivity index (χ2v) is 9.27. The topological polar surface area (TPSA) is 65.4 Å². The fourth-order valence-corrected chi connectivity index (χ4v) is 4.93. The lowest BCUT2D eigenvalue weighted by molar-refractivity contribution is 0.101. The lowest BCUT2D eigenvalue weighted by atomic mass is 9.72. The van der Waals surface area contributed by atoms with Gasteiger partial charge in [-0.05, 0) is 81.8 Å². The van der Waals surface area contributed by atoms with Crippen molar-refractivity contribution in [1.82, 2.24) is 14.9 Å². The molecule has 0 aliphatic heterocycles. The Morgan fingerprint density at radius 1 is 1.29 bits per heavy atom. The molecule has 2 N–H and O–H groups in total. The maximum atomic E-state index is 12.8. The van der Waals surface area contributed by atoms with Crippen LogP contribution in [0.4, 0.5) is 11.5 Å². The molecule has 0 radical (unpaired) electrons. The molecule has 162 valence electrons. The highest BCUT2D eigenvalue weighted by molar-refractivity contribution is 6.03. The Hall–Kier alpha value is -2.91. The highest BCUT2D eigenvalue weighted by atomic mass is 16.2. The van der Waals surface area contributed by atoms with E-state index in [0.29, 0.717) is 5.41 Å². The van der Waals surface area contributed by atoms with Gasteiger partial charge in [-0.15, -0.1) is 0 Å². The van der Waals surface area contributed by atoms with Crippen LogP contribution >= 0.6 is 0 Å². The van der Waals surface area contributed by atoms with E-state index >= 15 is 0 Å². The van der Waals surface area contributed by atoms with Crippen molar-refractivity contribution >= 4 is 23.0 Å². The van der Waals surface area contributed by atoms with E-state index in [9.17, 15) is 4.79 Å². The Morgan fingerprint density at radius 2 is 2.06 bits per heavy atom. The lowest BCUT2D eigenvalue weighted by Gasteiger charge is -2.33. The van der Waals surface area contributed by atoms with Crippen molar-refractivity contribution in [2.75, 3.05) is 19.4 Å². The third-order valence-corrected chi connectivity index (χ3v) is 7.16. The van der Waals surface area contributed by atoms with Crippen LogP contribution in [0.15, 0.2) is 30.5 Å². The third-order valence-electron chi connectivity index (χ3n) is 7.16. The first-order valence-corrected chi connectivity index (χ1v) is 11.1. The minimum absolute atomic E-state index is 0.158. The van der Waals surface area contributed by atoms with Crippen LogP contribution in [-0.4, -0.2) is 34.9 Å².